The molecular weight excluding hydrogens is 303 g/mol. The summed E-state index contributed by atoms with van der Waals surface area (Å²) in [6.07, 6.45) is 1.69. The van der Waals surface area contributed by atoms with Crippen LogP contribution in [0, 0.1) is 6.92 Å². The molecule has 0 saturated heterocycles. The van der Waals surface area contributed by atoms with Crippen LogP contribution in [0.5, 0.6) is 0 Å². The number of hydrogen-bond acceptors (Lipinski definition) is 3. The van der Waals surface area contributed by atoms with Crippen molar-refractivity contribution in [3.05, 3.63) is 41.9 Å². The summed E-state index contributed by atoms with van der Waals surface area (Å²) in [6, 6.07) is 5.62. The molecule has 3 rings (SSSR count). The molecule has 1 aromatic carbocycles. The number of nitrogens with one attached hydrogen (secondary N) is 1. The lowest BCUT2D eigenvalue weighted by Crippen LogP contribution is -2.17. The molecular formula is C17H18F3N3. The van der Waals surface area contributed by atoms with Crippen molar-refractivity contribution in [3.63, 3.8) is 0 Å². The second-order valence-electron chi connectivity index (χ2n) is 5.88. The molecule has 2 aromatic rings. The van der Waals surface area contributed by atoms with E-state index in [4.69, 9.17) is 0 Å². The molecule has 1 N–H and O–H groups in total. The second kappa shape index (κ2) is 6.18. The van der Waals surface area contributed by atoms with E-state index >= 15 is 0 Å². The van der Waals surface area contributed by atoms with Crippen LogP contribution in [0.25, 0.3) is 11.1 Å². The van der Waals surface area contributed by atoms with E-state index in [9.17, 15) is 13.2 Å². The van der Waals surface area contributed by atoms with Crippen LogP contribution >= 0.6 is 0 Å². The number of halogens is 3. The van der Waals surface area contributed by atoms with Crippen LogP contribution in [0.2, 0.25) is 0 Å². The summed E-state index contributed by atoms with van der Waals surface area (Å²) in [4.78, 5) is 8.55. The van der Waals surface area contributed by atoms with Crippen LogP contribution in [-0.4, -0.2) is 16.0 Å². The zero-order valence-electron chi connectivity index (χ0n) is 12.8. The Morgan fingerprint density at radius 3 is 2.61 bits per heavy atom. The van der Waals surface area contributed by atoms with Crippen molar-refractivity contribution in [1.82, 2.24) is 9.97 Å². The summed E-state index contributed by atoms with van der Waals surface area (Å²) in [5.74, 6) is 1.21. The maximum absolute atomic E-state index is 12.9. The van der Waals surface area contributed by atoms with Gasteiger partial charge in [0, 0.05) is 17.8 Å². The van der Waals surface area contributed by atoms with Gasteiger partial charge in [-0.1, -0.05) is 25.0 Å². The Morgan fingerprint density at radius 2 is 1.91 bits per heavy atom. The number of nitrogens with zero attached hydrogens (tertiary/aromatic N) is 2. The Hall–Kier alpha value is -2.11. The number of anilines is 1. The standard InChI is InChI=1S/C17H18F3N3/c1-11-21-10-15(16(22-11)23-14-7-2-3-8-14)12-5-4-6-13(9-12)17(18,19)20/h4-6,9-10,14H,2-3,7-8H2,1H3,(H,21,22,23). The number of alkyl halides is 3. The van der Waals surface area contributed by atoms with Gasteiger partial charge in [0.15, 0.2) is 0 Å². The number of rotatable bonds is 3. The molecule has 0 radical (unpaired) electrons. The van der Waals surface area contributed by atoms with Gasteiger partial charge in [-0.05, 0) is 37.5 Å². The van der Waals surface area contributed by atoms with E-state index in [0.29, 0.717) is 28.8 Å². The molecule has 0 unspecified atom stereocenters. The van der Waals surface area contributed by atoms with Crippen LogP contribution in [-0.2, 0) is 6.18 Å². The first-order valence-corrected chi connectivity index (χ1v) is 7.71. The van der Waals surface area contributed by atoms with Crippen LogP contribution < -0.4 is 5.32 Å². The smallest absolute Gasteiger partial charge is 0.367 e. The first-order chi connectivity index (χ1) is 10.9. The number of benzene rings is 1. The van der Waals surface area contributed by atoms with Crippen LogP contribution in [0.3, 0.4) is 0 Å². The van der Waals surface area contributed by atoms with E-state index < -0.39 is 11.7 Å². The van der Waals surface area contributed by atoms with Gasteiger partial charge in [-0.15, -0.1) is 0 Å². The Kier molecular flexibility index (Phi) is 4.24. The van der Waals surface area contributed by atoms with E-state index in [1.807, 2.05) is 0 Å². The molecule has 0 bridgehead atoms. The van der Waals surface area contributed by atoms with E-state index in [2.05, 4.69) is 15.3 Å². The molecule has 122 valence electrons. The molecule has 1 aliphatic carbocycles. The average molecular weight is 321 g/mol. The third-order valence-electron chi connectivity index (χ3n) is 4.11. The predicted molar refractivity (Wildman–Crippen MR) is 83.1 cm³/mol. The lowest BCUT2D eigenvalue weighted by Gasteiger charge is -2.17. The fraction of sp³-hybridized carbons (Fsp3) is 0.412. The Morgan fingerprint density at radius 1 is 1.17 bits per heavy atom. The molecule has 0 aliphatic heterocycles. The lowest BCUT2D eigenvalue weighted by molar-refractivity contribution is -0.137. The zero-order chi connectivity index (χ0) is 16.4. The topological polar surface area (TPSA) is 37.8 Å². The van der Waals surface area contributed by atoms with Gasteiger partial charge in [0.1, 0.15) is 11.6 Å². The second-order valence-corrected chi connectivity index (χ2v) is 5.88. The van der Waals surface area contributed by atoms with Gasteiger partial charge >= 0.3 is 6.18 Å². The van der Waals surface area contributed by atoms with Crippen LogP contribution in [0.4, 0.5) is 19.0 Å². The fourth-order valence-corrected chi connectivity index (χ4v) is 2.92. The largest absolute Gasteiger partial charge is 0.416 e. The molecule has 6 heteroatoms. The minimum atomic E-state index is -4.36. The predicted octanol–water partition coefficient (Wildman–Crippen LogP) is 4.83. The van der Waals surface area contributed by atoms with E-state index in [0.717, 1.165) is 25.0 Å². The van der Waals surface area contributed by atoms with Gasteiger partial charge in [0.2, 0.25) is 0 Å². The van der Waals surface area contributed by atoms with E-state index in [1.54, 1.807) is 19.2 Å². The Bertz CT molecular complexity index is 692. The third kappa shape index (κ3) is 3.63. The molecule has 0 atom stereocenters. The lowest BCUT2D eigenvalue weighted by atomic mass is 10.0. The molecule has 1 heterocycles. The highest BCUT2D eigenvalue weighted by Crippen LogP contribution is 2.34. The van der Waals surface area contributed by atoms with Gasteiger partial charge in [-0.3, -0.25) is 0 Å². The van der Waals surface area contributed by atoms with Crippen molar-refractivity contribution in [2.45, 2.75) is 44.8 Å². The van der Waals surface area contributed by atoms with E-state index in [1.165, 1.54) is 18.9 Å². The molecule has 23 heavy (non-hydrogen) atoms. The molecule has 0 spiro atoms. The quantitative estimate of drug-likeness (QED) is 0.880. The molecule has 0 amide bonds. The van der Waals surface area contributed by atoms with Gasteiger partial charge in [0.05, 0.1) is 5.56 Å². The Balaban J connectivity index is 1.98. The first kappa shape index (κ1) is 15.8. The van der Waals surface area contributed by atoms with Crippen molar-refractivity contribution >= 4 is 5.82 Å². The molecule has 1 aromatic heterocycles. The van der Waals surface area contributed by atoms with Crippen molar-refractivity contribution < 1.29 is 13.2 Å². The summed E-state index contributed by atoms with van der Waals surface area (Å²) in [7, 11) is 0. The minimum Gasteiger partial charge on any atom is -0.367 e. The normalized spacial score (nSPS) is 15.8. The summed E-state index contributed by atoms with van der Waals surface area (Å²) < 4.78 is 38.8. The SMILES string of the molecule is Cc1ncc(-c2cccc(C(F)(F)F)c2)c(NC2CCCC2)n1. The fourth-order valence-electron chi connectivity index (χ4n) is 2.92. The summed E-state index contributed by atoms with van der Waals surface area (Å²) >= 11 is 0. The summed E-state index contributed by atoms with van der Waals surface area (Å²) in [5, 5.41) is 3.37. The highest BCUT2D eigenvalue weighted by molar-refractivity contribution is 5.75. The highest BCUT2D eigenvalue weighted by atomic mass is 19.4. The van der Waals surface area contributed by atoms with Crippen molar-refractivity contribution in [2.24, 2.45) is 0 Å². The van der Waals surface area contributed by atoms with Gasteiger partial charge in [-0.25, -0.2) is 9.97 Å². The highest BCUT2D eigenvalue weighted by Gasteiger charge is 2.30. The van der Waals surface area contributed by atoms with E-state index in [-0.39, 0.29) is 0 Å². The van der Waals surface area contributed by atoms with Crippen LogP contribution in [0.1, 0.15) is 37.1 Å². The maximum Gasteiger partial charge on any atom is 0.416 e. The first-order valence-electron chi connectivity index (χ1n) is 7.71. The summed E-state index contributed by atoms with van der Waals surface area (Å²) in [6.45, 7) is 1.77. The molecule has 1 aliphatic rings. The van der Waals surface area contributed by atoms with Crippen molar-refractivity contribution in [3.8, 4) is 11.1 Å². The van der Waals surface area contributed by atoms with Gasteiger partial charge in [0.25, 0.3) is 0 Å². The number of aryl methyl sites for hydroxylation is 1. The average Bonchev–Trinajstić information content (AvgIpc) is 3.00. The van der Waals surface area contributed by atoms with Crippen molar-refractivity contribution in [2.75, 3.05) is 5.32 Å². The van der Waals surface area contributed by atoms with Gasteiger partial charge in [-0.2, -0.15) is 13.2 Å². The summed E-state index contributed by atoms with van der Waals surface area (Å²) in [5.41, 5.74) is 0.413. The third-order valence-corrected chi connectivity index (χ3v) is 4.11. The Labute approximate surface area is 133 Å². The molecule has 3 nitrogen and oxygen atoms in total. The number of hydrogen-bond donors (Lipinski definition) is 1. The van der Waals surface area contributed by atoms with Gasteiger partial charge < -0.3 is 5.32 Å². The number of aromatic nitrogens is 2. The zero-order valence-corrected chi connectivity index (χ0v) is 12.8. The molecule has 1 fully saturated rings. The minimum absolute atomic E-state index is 0.328. The van der Waals surface area contributed by atoms with Crippen LogP contribution in [0.15, 0.2) is 30.5 Å². The molecule has 1 saturated carbocycles. The monoisotopic (exact) mass is 321 g/mol. The van der Waals surface area contributed by atoms with Crippen molar-refractivity contribution in [1.29, 1.82) is 0 Å². The maximum atomic E-state index is 12.9.